The Labute approximate surface area is 175 Å². The molecule has 0 fully saturated rings. The minimum absolute atomic E-state index is 0.758. The number of ether oxygens (including phenoxy) is 1. The van der Waals surface area contributed by atoms with E-state index < -0.39 is 0 Å². The van der Waals surface area contributed by atoms with Crippen molar-refractivity contribution in [3.8, 4) is 17.6 Å². The smallest absolute Gasteiger partial charge is 0.119 e. The third kappa shape index (κ3) is 3.19. The molecule has 30 heavy (non-hydrogen) atoms. The zero-order chi connectivity index (χ0) is 20.5. The summed E-state index contributed by atoms with van der Waals surface area (Å²) in [6, 6.07) is 18.2. The zero-order valence-corrected chi connectivity index (χ0v) is 16.8. The van der Waals surface area contributed by atoms with Crippen LogP contribution in [0.3, 0.4) is 0 Å². The first-order chi connectivity index (χ1) is 14.7. The molecule has 4 aromatic rings. The fourth-order valence-corrected chi connectivity index (χ4v) is 3.72. The van der Waals surface area contributed by atoms with E-state index in [-0.39, 0.29) is 0 Å². The molecule has 1 aliphatic rings. The number of nitrogens with zero attached hydrogens (tertiary/aromatic N) is 4. The first-order valence-corrected chi connectivity index (χ1v) is 9.70. The van der Waals surface area contributed by atoms with Crippen LogP contribution in [-0.4, -0.2) is 30.8 Å². The predicted molar refractivity (Wildman–Crippen MR) is 120 cm³/mol. The fourth-order valence-electron chi connectivity index (χ4n) is 3.72. The number of benzene rings is 2. The highest BCUT2D eigenvalue weighted by Crippen LogP contribution is 2.44. The van der Waals surface area contributed by atoms with Crippen LogP contribution in [-0.2, 0) is 0 Å². The van der Waals surface area contributed by atoms with Crippen molar-refractivity contribution in [2.24, 2.45) is 0 Å². The van der Waals surface area contributed by atoms with E-state index in [2.05, 4.69) is 56.9 Å². The number of fused-ring (bicyclic) bond motifs is 3. The minimum Gasteiger partial charge on any atom is -0.497 e. The summed E-state index contributed by atoms with van der Waals surface area (Å²) in [5.74, 6) is 7.29. The van der Waals surface area contributed by atoms with E-state index >= 15 is 0 Å². The monoisotopic (exact) mass is 392 g/mol. The maximum Gasteiger partial charge on any atom is 0.119 e. The lowest BCUT2D eigenvalue weighted by atomic mass is 10.1. The predicted octanol–water partition coefficient (Wildman–Crippen LogP) is 4.58. The van der Waals surface area contributed by atoms with Gasteiger partial charge in [-0.1, -0.05) is 11.8 Å². The van der Waals surface area contributed by atoms with Crippen molar-refractivity contribution >= 4 is 28.0 Å². The summed E-state index contributed by atoms with van der Waals surface area (Å²) in [4.78, 5) is 13.3. The Morgan fingerprint density at radius 2 is 1.80 bits per heavy atom. The Morgan fingerprint density at radius 1 is 0.967 bits per heavy atom. The Bertz CT molecular complexity index is 1270. The Morgan fingerprint density at radius 3 is 2.57 bits per heavy atom. The highest BCUT2D eigenvalue weighted by Gasteiger charge is 2.27. The highest BCUT2D eigenvalue weighted by molar-refractivity contribution is 6.03. The van der Waals surface area contributed by atoms with Crippen molar-refractivity contribution in [2.45, 2.75) is 0 Å². The van der Waals surface area contributed by atoms with Gasteiger partial charge < -0.3 is 14.5 Å². The molecule has 0 aliphatic carbocycles. The molecule has 1 aliphatic heterocycles. The standard InChI is InChI=1S/C25H20N4O/c1-28-17-29(20-8-10-21(30-2)11-9-20)25-22-14-18(5-6-19-4-3-13-26-15-19)7-12-23(22)27-16-24(25)28/h3-4,7-16H,17H2,1-2H3. The maximum absolute atomic E-state index is 5.31. The molecule has 146 valence electrons. The maximum atomic E-state index is 5.31. The average molecular weight is 392 g/mol. The molecule has 0 bridgehead atoms. The third-order valence-corrected chi connectivity index (χ3v) is 5.25. The average Bonchev–Trinajstić information content (AvgIpc) is 3.15. The second-order valence-corrected chi connectivity index (χ2v) is 7.18. The Balaban J connectivity index is 1.61. The summed E-state index contributed by atoms with van der Waals surface area (Å²) < 4.78 is 5.31. The van der Waals surface area contributed by atoms with Crippen LogP contribution >= 0.6 is 0 Å². The van der Waals surface area contributed by atoms with Crippen LogP contribution in [0.1, 0.15) is 11.1 Å². The van der Waals surface area contributed by atoms with E-state index in [1.807, 2.05) is 42.6 Å². The SMILES string of the molecule is COc1ccc(N2CN(C)c3cnc4ccc(C#Cc5cccnc5)cc4c32)cc1. The zero-order valence-electron chi connectivity index (χ0n) is 16.8. The lowest BCUT2D eigenvalue weighted by Crippen LogP contribution is -2.23. The van der Waals surface area contributed by atoms with Gasteiger partial charge in [-0.3, -0.25) is 9.97 Å². The number of pyridine rings is 2. The lowest BCUT2D eigenvalue weighted by molar-refractivity contribution is 0.415. The van der Waals surface area contributed by atoms with Crippen LogP contribution in [0.5, 0.6) is 5.75 Å². The van der Waals surface area contributed by atoms with E-state index in [0.717, 1.165) is 51.5 Å². The molecular weight excluding hydrogens is 372 g/mol. The molecule has 0 N–H and O–H groups in total. The third-order valence-electron chi connectivity index (χ3n) is 5.25. The van der Waals surface area contributed by atoms with Crippen LogP contribution in [0.4, 0.5) is 17.1 Å². The summed E-state index contributed by atoms with van der Waals surface area (Å²) in [5.41, 5.74) is 6.17. The summed E-state index contributed by atoms with van der Waals surface area (Å²) in [6.45, 7) is 0.758. The molecule has 0 amide bonds. The molecule has 3 heterocycles. The summed E-state index contributed by atoms with van der Waals surface area (Å²) in [5, 5.41) is 1.09. The molecular formula is C25H20N4O. The molecule has 0 saturated carbocycles. The molecule has 5 nitrogen and oxygen atoms in total. The molecule has 5 heteroatoms. The quantitative estimate of drug-likeness (QED) is 0.467. The van der Waals surface area contributed by atoms with Crippen molar-refractivity contribution in [1.29, 1.82) is 0 Å². The number of rotatable bonds is 2. The Kier molecular flexibility index (Phi) is 4.45. The largest absolute Gasteiger partial charge is 0.497 e. The molecule has 0 spiro atoms. The summed E-state index contributed by atoms with van der Waals surface area (Å²) >= 11 is 0. The van der Waals surface area contributed by atoms with Gasteiger partial charge >= 0.3 is 0 Å². The highest BCUT2D eigenvalue weighted by atomic mass is 16.5. The number of methoxy groups -OCH3 is 1. The molecule has 0 radical (unpaired) electrons. The second kappa shape index (κ2) is 7.41. The molecule has 0 saturated heterocycles. The number of hydrogen-bond donors (Lipinski definition) is 0. The van der Waals surface area contributed by atoms with Gasteiger partial charge in [0.05, 0.1) is 36.9 Å². The minimum atomic E-state index is 0.758. The van der Waals surface area contributed by atoms with Gasteiger partial charge in [-0.15, -0.1) is 0 Å². The van der Waals surface area contributed by atoms with Crippen molar-refractivity contribution in [3.63, 3.8) is 0 Å². The van der Waals surface area contributed by atoms with Crippen LogP contribution in [0, 0.1) is 11.8 Å². The van der Waals surface area contributed by atoms with Crippen molar-refractivity contribution in [3.05, 3.63) is 84.3 Å². The first kappa shape index (κ1) is 18.0. The van der Waals surface area contributed by atoms with Crippen molar-refractivity contribution in [2.75, 3.05) is 30.6 Å². The van der Waals surface area contributed by atoms with E-state index in [1.54, 1.807) is 19.5 Å². The van der Waals surface area contributed by atoms with E-state index in [0.29, 0.717) is 0 Å². The van der Waals surface area contributed by atoms with Gasteiger partial charge in [0.25, 0.3) is 0 Å². The topological polar surface area (TPSA) is 41.5 Å². The van der Waals surface area contributed by atoms with Gasteiger partial charge in [-0.25, -0.2) is 0 Å². The van der Waals surface area contributed by atoms with E-state index in [9.17, 15) is 0 Å². The molecule has 5 rings (SSSR count). The fraction of sp³-hybridized carbons (Fsp3) is 0.120. The van der Waals surface area contributed by atoms with Gasteiger partial charge in [0, 0.05) is 41.6 Å². The van der Waals surface area contributed by atoms with Gasteiger partial charge in [0.15, 0.2) is 0 Å². The second-order valence-electron chi connectivity index (χ2n) is 7.18. The first-order valence-electron chi connectivity index (χ1n) is 9.70. The number of anilines is 3. The number of hydrogen-bond acceptors (Lipinski definition) is 5. The van der Waals surface area contributed by atoms with E-state index in [1.165, 1.54) is 0 Å². The summed E-state index contributed by atoms with van der Waals surface area (Å²) in [7, 11) is 3.77. The van der Waals surface area contributed by atoms with Gasteiger partial charge in [0.1, 0.15) is 5.75 Å². The van der Waals surface area contributed by atoms with Crippen LogP contribution in [0.25, 0.3) is 10.9 Å². The molecule has 0 atom stereocenters. The normalized spacial score (nSPS) is 12.5. The lowest BCUT2D eigenvalue weighted by Gasteiger charge is -2.20. The van der Waals surface area contributed by atoms with Crippen LogP contribution < -0.4 is 14.5 Å². The summed E-state index contributed by atoms with van der Waals surface area (Å²) in [6.07, 6.45) is 5.47. The van der Waals surface area contributed by atoms with E-state index in [4.69, 9.17) is 4.74 Å². The molecule has 0 unspecified atom stereocenters. The number of aromatic nitrogens is 2. The van der Waals surface area contributed by atoms with Crippen molar-refractivity contribution < 1.29 is 4.74 Å². The van der Waals surface area contributed by atoms with Crippen LogP contribution in [0.2, 0.25) is 0 Å². The van der Waals surface area contributed by atoms with Gasteiger partial charge in [-0.05, 0) is 54.6 Å². The van der Waals surface area contributed by atoms with Crippen molar-refractivity contribution in [1.82, 2.24) is 9.97 Å². The van der Waals surface area contributed by atoms with Gasteiger partial charge in [-0.2, -0.15) is 0 Å². The van der Waals surface area contributed by atoms with Gasteiger partial charge in [0.2, 0.25) is 0 Å². The molecule has 2 aromatic carbocycles. The van der Waals surface area contributed by atoms with Crippen LogP contribution in [0.15, 0.2) is 73.2 Å². The molecule has 2 aromatic heterocycles. The Hall–Kier alpha value is -4.04.